The molecule has 0 unspecified atom stereocenters. The molecule has 0 saturated carbocycles. The average Bonchev–Trinajstić information content (AvgIpc) is 2.89. The smallest absolute Gasteiger partial charge is 0.205 e. The predicted octanol–water partition coefficient (Wildman–Crippen LogP) is 2.91. The van der Waals surface area contributed by atoms with E-state index < -0.39 is 0 Å². The molecule has 0 bridgehead atoms. The highest BCUT2D eigenvalue weighted by Crippen LogP contribution is 2.25. The summed E-state index contributed by atoms with van der Waals surface area (Å²) in [5.74, 6) is 1.76. The van der Waals surface area contributed by atoms with E-state index in [0.29, 0.717) is 0 Å². The molecule has 0 radical (unpaired) electrons. The van der Waals surface area contributed by atoms with Gasteiger partial charge in [0.25, 0.3) is 0 Å². The van der Waals surface area contributed by atoms with Gasteiger partial charge in [0.15, 0.2) is 0 Å². The first kappa shape index (κ1) is 14.6. The van der Waals surface area contributed by atoms with Crippen molar-refractivity contribution < 1.29 is 9.47 Å². The molecule has 1 aromatic carbocycles. The lowest BCUT2D eigenvalue weighted by molar-refractivity contribution is 0.398. The van der Waals surface area contributed by atoms with Gasteiger partial charge in [-0.2, -0.15) is 0 Å². The van der Waals surface area contributed by atoms with Gasteiger partial charge < -0.3 is 14.8 Å². The third kappa shape index (κ3) is 3.84. The van der Waals surface area contributed by atoms with E-state index in [9.17, 15) is 0 Å². The number of benzene rings is 1. The first-order valence-corrected chi connectivity index (χ1v) is 7.29. The lowest BCUT2D eigenvalue weighted by Crippen LogP contribution is -2.03. The van der Waals surface area contributed by atoms with E-state index in [2.05, 4.69) is 15.5 Å². The minimum Gasteiger partial charge on any atom is -0.497 e. The van der Waals surface area contributed by atoms with Crippen LogP contribution in [0.25, 0.3) is 0 Å². The van der Waals surface area contributed by atoms with Crippen LogP contribution in [0, 0.1) is 6.92 Å². The van der Waals surface area contributed by atoms with Crippen LogP contribution in [0.3, 0.4) is 0 Å². The Hall–Kier alpha value is -1.82. The highest BCUT2D eigenvalue weighted by atomic mass is 32.1. The van der Waals surface area contributed by atoms with E-state index in [1.165, 1.54) is 0 Å². The van der Waals surface area contributed by atoms with Crippen LogP contribution in [0.2, 0.25) is 0 Å². The topological polar surface area (TPSA) is 56.3 Å². The number of ether oxygens (including phenoxy) is 2. The molecular weight excluding hydrogens is 274 g/mol. The van der Waals surface area contributed by atoms with Gasteiger partial charge in [0, 0.05) is 6.54 Å². The summed E-state index contributed by atoms with van der Waals surface area (Å²) >= 11 is 1.57. The third-order valence-electron chi connectivity index (χ3n) is 2.91. The molecule has 6 heteroatoms. The van der Waals surface area contributed by atoms with Crippen LogP contribution in [-0.2, 0) is 6.42 Å². The minimum atomic E-state index is 0.855. The Labute approximate surface area is 123 Å². The van der Waals surface area contributed by atoms with Crippen LogP contribution in [0.4, 0.5) is 5.13 Å². The number of nitrogens with zero attached hydrogens (tertiary/aromatic N) is 2. The van der Waals surface area contributed by atoms with Gasteiger partial charge in [-0.05, 0) is 43.5 Å². The van der Waals surface area contributed by atoms with Crippen molar-refractivity contribution in [2.75, 3.05) is 26.1 Å². The van der Waals surface area contributed by atoms with E-state index >= 15 is 0 Å². The van der Waals surface area contributed by atoms with Crippen LogP contribution in [-0.4, -0.2) is 31.0 Å². The van der Waals surface area contributed by atoms with E-state index in [4.69, 9.17) is 9.47 Å². The van der Waals surface area contributed by atoms with Gasteiger partial charge in [-0.1, -0.05) is 11.3 Å². The zero-order valence-electron chi connectivity index (χ0n) is 12.0. The Bertz CT molecular complexity index is 557. The van der Waals surface area contributed by atoms with Crippen LogP contribution >= 0.6 is 11.3 Å². The standard InChI is InChI=1S/C14H19N3O2S/c1-10-16-17-14(20-10)15-8-4-5-11-9-12(18-2)6-7-13(11)19-3/h6-7,9H,4-5,8H2,1-3H3,(H,15,17). The molecule has 0 spiro atoms. The lowest BCUT2D eigenvalue weighted by Gasteiger charge is -2.10. The maximum Gasteiger partial charge on any atom is 0.205 e. The van der Waals surface area contributed by atoms with Crippen molar-refractivity contribution in [1.82, 2.24) is 10.2 Å². The fourth-order valence-electron chi connectivity index (χ4n) is 1.92. The Morgan fingerprint density at radius 2 is 2.05 bits per heavy atom. The molecule has 0 amide bonds. The SMILES string of the molecule is COc1ccc(OC)c(CCCNc2nnc(C)s2)c1. The molecule has 20 heavy (non-hydrogen) atoms. The van der Waals surface area contributed by atoms with Gasteiger partial charge in [-0.15, -0.1) is 10.2 Å². The third-order valence-corrected chi connectivity index (χ3v) is 3.71. The van der Waals surface area contributed by atoms with Crippen molar-refractivity contribution >= 4 is 16.5 Å². The van der Waals surface area contributed by atoms with Gasteiger partial charge >= 0.3 is 0 Å². The Morgan fingerprint density at radius 1 is 1.20 bits per heavy atom. The van der Waals surface area contributed by atoms with Crippen molar-refractivity contribution in [3.63, 3.8) is 0 Å². The number of methoxy groups -OCH3 is 2. The largest absolute Gasteiger partial charge is 0.497 e. The molecular formula is C14H19N3O2S. The van der Waals surface area contributed by atoms with E-state index in [1.54, 1.807) is 25.6 Å². The summed E-state index contributed by atoms with van der Waals surface area (Å²) in [6.07, 6.45) is 1.91. The quantitative estimate of drug-likeness (QED) is 0.795. The predicted molar refractivity (Wildman–Crippen MR) is 81.0 cm³/mol. The molecule has 0 aliphatic carbocycles. The second-order valence-corrected chi connectivity index (χ2v) is 5.52. The van der Waals surface area contributed by atoms with Gasteiger partial charge in [0.1, 0.15) is 16.5 Å². The lowest BCUT2D eigenvalue weighted by atomic mass is 10.1. The van der Waals surface area contributed by atoms with Crippen molar-refractivity contribution in [1.29, 1.82) is 0 Å². The molecule has 0 aliphatic rings. The molecule has 2 aromatic rings. The number of aromatic nitrogens is 2. The molecule has 0 saturated heterocycles. The summed E-state index contributed by atoms with van der Waals surface area (Å²) in [7, 11) is 3.36. The zero-order valence-corrected chi connectivity index (χ0v) is 12.8. The van der Waals surface area contributed by atoms with Gasteiger partial charge in [-0.3, -0.25) is 0 Å². The van der Waals surface area contributed by atoms with Gasteiger partial charge in [0.05, 0.1) is 14.2 Å². The van der Waals surface area contributed by atoms with Crippen LogP contribution in [0.15, 0.2) is 18.2 Å². The molecule has 0 atom stereocenters. The van der Waals surface area contributed by atoms with E-state index in [-0.39, 0.29) is 0 Å². The van der Waals surface area contributed by atoms with Crippen molar-refractivity contribution in [2.45, 2.75) is 19.8 Å². The number of nitrogens with one attached hydrogen (secondary N) is 1. The van der Waals surface area contributed by atoms with Crippen molar-refractivity contribution in [3.05, 3.63) is 28.8 Å². The summed E-state index contributed by atoms with van der Waals surface area (Å²) in [6, 6.07) is 5.87. The molecule has 5 nitrogen and oxygen atoms in total. The second-order valence-electron chi connectivity index (χ2n) is 4.33. The summed E-state index contributed by atoms with van der Waals surface area (Å²) in [5.41, 5.74) is 1.15. The minimum absolute atomic E-state index is 0.855. The molecule has 2 rings (SSSR count). The molecule has 1 N–H and O–H groups in total. The summed E-state index contributed by atoms with van der Waals surface area (Å²) in [6.45, 7) is 2.80. The fourth-order valence-corrected chi connectivity index (χ4v) is 2.54. The summed E-state index contributed by atoms with van der Waals surface area (Å²) in [5, 5.41) is 13.1. The van der Waals surface area contributed by atoms with Crippen LogP contribution in [0.5, 0.6) is 11.5 Å². The Kier molecular flexibility index (Phi) is 5.17. The maximum absolute atomic E-state index is 5.37. The van der Waals surface area contributed by atoms with Gasteiger partial charge in [-0.25, -0.2) is 0 Å². The first-order chi connectivity index (χ1) is 9.72. The fraction of sp³-hybridized carbons (Fsp3) is 0.429. The molecule has 0 aliphatic heterocycles. The van der Waals surface area contributed by atoms with E-state index in [1.807, 2.05) is 25.1 Å². The Morgan fingerprint density at radius 3 is 2.70 bits per heavy atom. The number of hydrogen-bond acceptors (Lipinski definition) is 6. The van der Waals surface area contributed by atoms with E-state index in [0.717, 1.165) is 46.6 Å². The Balaban J connectivity index is 1.86. The molecule has 1 aromatic heterocycles. The number of anilines is 1. The number of hydrogen-bond donors (Lipinski definition) is 1. The van der Waals surface area contributed by atoms with Gasteiger partial charge in [0.2, 0.25) is 5.13 Å². The number of aryl methyl sites for hydroxylation is 2. The normalized spacial score (nSPS) is 10.3. The van der Waals surface area contributed by atoms with Crippen LogP contribution < -0.4 is 14.8 Å². The number of rotatable bonds is 7. The molecule has 0 fully saturated rings. The highest BCUT2D eigenvalue weighted by Gasteiger charge is 2.05. The van der Waals surface area contributed by atoms with Crippen molar-refractivity contribution in [3.8, 4) is 11.5 Å². The molecule has 108 valence electrons. The monoisotopic (exact) mass is 293 g/mol. The maximum atomic E-state index is 5.37. The van der Waals surface area contributed by atoms with Crippen LogP contribution in [0.1, 0.15) is 17.0 Å². The van der Waals surface area contributed by atoms with Crippen molar-refractivity contribution in [2.24, 2.45) is 0 Å². The second kappa shape index (κ2) is 7.09. The zero-order chi connectivity index (χ0) is 14.4. The summed E-state index contributed by atoms with van der Waals surface area (Å²) < 4.78 is 10.6. The average molecular weight is 293 g/mol. The first-order valence-electron chi connectivity index (χ1n) is 6.48. The highest BCUT2D eigenvalue weighted by molar-refractivity contribution is 7.15. The molecule has 1 heterocycles. The summed E-state index contributed by atoms with van der Waals surface area (Å²) in [4.78, 5) is 0.